The van der Waals surface area contributed by atoms with Crippen LogP contribution in [0.1, 0.15) is 52.9 Å². The van der Waals surface area contributed by atoms with Crippen molar-refractivity contribution in [2.45, 2.75) is 52.9 Å². The van der Waals surface area contributed by atoms with Crippen LogP contribution in [0.15, 0.2) is 17.1 Å². The normalized spacial score (nSPS) is 16.4. The van der Waals surface area contributed by atoms with Gasteiger partial charge in [0.25, 0.3) is 0 Å². The van der Waals surface area contributed by atoms with Gasteiger partial charge >= 0.3 is 0 Å². The molecule has 0 saturated heterocycles. The van der Waals surface area contributed by atoms with Crippen molar-refractivity contribution in [1.82, 2.24) is 0 Å². The van der Waals surface area contributed by atoms with E-state index in [2.05, 4.69) is 31.8 Å². The second-order valence-electron chi connectivity index (χ2n) is 4.49. The summed E-state index contributed by atoms with van der Waals surface area (Å²) in [7, 11) is 1.84. The Hall–Kier alpha value is -0.660. The van der Waals surface area contributed by atoms with Gasteiger partial charge < -0.3 is 0 Å². The molecule has 1 nitrogen and oxygen atoms in total. The molecule has 0 amide bonds. The number of rotatable bonds is 9. The van der Waals surface area contributed by atoms with Gasteiger partial charge in [-0.3, -0.25) is 9.38 Å². The fraction of sp³-hybridized carbons (Fsp3) is 0.800. The Morgan fingerprint density at radius 3 is 2.41 bits per heavy atom. The van der Waals surface area contributed by atoms with Gasteiger partial charge in [-0.2, -0.15) is 0 Å². The molecular weight excluding hydrogens is 213 g/mol. The summed E-state index contributed by atoms with van der Waals surface area (Å²) >= 11 is 0. The van der Waals surface area contributed by atoms with Crippen LogP contribution in [0.2, 0.25) is 0 Å². The van der Waals surface area contributed by atoms with Gasteiger partial charge in [-0.05, 0) is 25.7 Å². The lowest BCUT2D eigenvalue weighted by atomic mass is 9.84. The van der Waals surface area contributed by atoms with E-state index in [-0.39, 0.29) is 18.5 Å². The highest BCUT2D eigenvalue weighted by Gasteiger charge is 2.21. The second kappa shape index (κ2) is 10.5. The highest BCUT2D eigenvalue weighted by molar-refractivity contribution is 5.87. The molecule has 0 bridgehead atoms. The number of allylic oxidation sites excluding steroid dienone is 2. The quantitative estimate of drug-likeness (QED) is 0.405. The molecule has 0 aromatic heterocycles. The number of halogens is 1. The number of alkyl halides is 1. The Bertz CT molecular complexity index is 233. The molecule has 0 aromatic rings. The Morgan fingerprint density at radius 1 is 1.29 bits per heavy atom. The van der Waals surface area contributed by atoms with Crippen molar-refractivity contribution in [3.8, 4) is 0 Å². The molecule has 0 spiro atoms. The lowest BCUT2D eigenvalue weighted by Crippen LogP contribution is -2.23. The van der Waals surface area contributed by atoms with Crippen LogP contribution in [-0.4, -0.2) is 19.4 Å². The Labute approximate surface area is 106 Å². The van der Waals surface area contributed by atoms with Crippen LogP contribution >= 0.6 is 0 Å². The van der Waals surface area contributed by atoms with E-state index in [0.29, 0.717) is 0 Å². The maximum Gasteiger partial charge on any atom is 0.0963 e. The van der Waals surface area contributed by atoms with Crippen molar-refractivity contribution < 1.29 is 4.39 Å². The lowest BCUT2D eigenvalue weighted by Gasteiger charge is -2.23. The Balaban J connectivity index is 4.68. The molecule has 0 heterocycles. The molecule has 2 unspecified atom stereocenters. The first-order valence-electron chi connectivity index (χ1n) is 6.93. The van der Waals surface area contributed by atoms with E-state index in [0.717, 1.165) is 25.7 Å². The molecule has 0 N–H and O–H groups in total. The molecule has 2 atom stereocenters. The number of hydrogen-bond donors (Lipinski definition) is 0. The summed E-state index contributed by atoms with van der Waals surface area (Å²) in [5, 5.41) is 0. The first-order valence-corrected chi connectivity index (χ1v) is 6.93. The van der Waals surface area contributed by atoms with Gasteiger partial charge in [-0.1, -0.05) is 39.3 Å². The predicted octanol–water partition coefficient (Wildman–Crippen LogP) is 4.83. The third kappa shape index (κ3) is 5.99. The fourth-order valence-corrected chi connectivity index (χ4v) is 2.21. The van der Waals surface area contributed by atoms with Crippen molar-refractivity contribution in [2.24, 2.45) is 16.8 Å². The summed E-state index contributed by atoms with van der Waals surface area (Å²) in [6.07, 6.45) is 9.38. The summed E-state index contributed by atoms with van der Waals surface area (Å²) in [5.41, 5.74) is 1.19. The van der Waals surface area contributed by atoms with Gasteiger partial charge in [-0.15, -0.1) is 0 Å². The van der Waals surface area contributed by atoms with Crippen LogP contribution in [0.25, 0.3) is 0 Å². The minimum absolute atomic E-state index is 0.00973. The van der Waals surface area contributed by atoms with Gasteiger partial charge in [0.1, 0.15) is 0 Å². The van der Waals surface area contributed by atoms with Crippen LogP contribution in [0.4, 0.5) is 4.39 Å². The van der Waals surface area contributed by atoms with E-state index in [9.17, 15) is 4.39 Å². The standard InChI is InChI=1S/C15H28FN/c1-5-8-10-13(12-16)14(7-3)15(17-4)11-9-6-2/h8,10,13-14H,5-7,9,11-12H2,1-4H3/b10-8-,17-15?. The smallest absolute Gasteiger partial charge is 0.0963 e. The van der Waals surface area contributed by atoms with Gasteiger partial charge in [0, 0.05) is 24.6 Å². The van der Waals surface area contributed by atoms with Crippen molar-refractivity contribution in [2.75, 3.05) is 13.7 Å². The maximum atomic E-state index is 13.1. The number of aliphatic imine (C=N–C) groups is 1. The maximum absolute atomic E-state index is 13.1. The summed E-state index contributed by atoms with van der Waals surface area (Å²) < 4.78 is 13.1. The molecule has 17 heavy (non-hydrogen) atoms. The minimum atomic E-state index is -0.278. The number of nitrogens with zero attached hydrogens (tertiary/aromatic N) is 1. The molecule has 2 heteroatoms. The van der Waals surface area contributed by atoms with E-state index in [4.69, 9.17) is 0 Å². The Kier molecular flexibility index (Phi) is 10.1. The highest BCUT2D eigenvalue weighted by atomic mass is 19.1. The van der Waals surface area contributed by atoms with Crippen LogP contribution in [-0.2, 0) is 0 Å². The topological polar surface area (TPSA) is 12.4 Å². The largest absolute Gasteiger partial charge is 0.297 e. The first-order chi connectivity index (χ1) is 8.24. The molecular formula is C15H28FN. The zero-order chi connectivity index (χ0) is 13.1. The summed E-state index contributed by atoms with van der Waals surface area (Å²) in [6.45, 7) is 6.11. The fourth-order valence-electron chi connectivity index (χ4n) is 2.21. The minimum Gasteiger partial charge on any atom is -0.297 e. The summed E-state index contributed by atoms with van der Waals surface area (Å²) in [6, 6.07) is 0. The zero-order valence-corrected chi connectivity index (χ0v) is 11.9. The SMILES string of the molecule is CC/C=C\C(CF)C(CC)C(CCCC)=NC. The summed E-state index contributed by atoms with van der Waals surface area (Å²) in [4.78, 5) is 4.39. The molecule has 0 aliphatic rings. The van der Waals surface area contributed by atoms with Crippen LogP contribution in [0, 0.1) is 11.8 Å². The number of hydrogen-bond acceptors (Lipinski definition) is 1. The first kappa shape index (κ1) is 16.3. The van der Waals surface area contributed by atoms with E-state index in [1.54, 1.807) is 0 Å². The lowest BCUT2D eigenvalue weighted by molar-refractivity contribution is 0.352. The van der Waals surface area contributed by atoms with Crippen LogP contribution in [0.3, 0.4) is 0 Å². The highest BCUT2D eigenvalue weighted by Crippen LogP contribution is 2.23. The van der Waals surface area contributed by atoms with Crippen molar-refractivity contribution >= 4 is 5.71 Å². The van der Waals surface area contributed by atoms with Crippen LogP contribution < -0.4 is 0 Å². The van der Waals surface area contributed by atoms with Crippen LogP contribution in [0.5, 0.6) is 0 Å². The third-order valence-electron chi connectivity index (χ3n) is 3.26. The molecule has 0 rings (SSSR count). The number of unbranched alkanes of at least 4 members (excludes halogenated alkanes) is 1. The van der Waals surface area contributed by atoms with E-state index < -0.39 is 0 Å². The van der Waals surface area contributed by atoms with Crippen molar-refractivity contribution in [3.63, 3.8) is 0 Å². The van der Waals surface area contributed by atoms with E-state index >= 15 is 0 Å². The third-order valence-corrected chi connectivity index (χ3v) is 3.26. The molecule has 0 aliphatic heterocycles. The average Bonchev–Trinajstić information content (AvgIpc) is 2.37. The molecule has 0 fully saturated rings. The van der Waals surface area contributed by atoms with E-state index in [1.807, 2.05) is 13.1 Å². The monoisotopic (exact) mass is 241 g/mol. The van der Waals surface area contributed by atoms with E-state index in [1.165, 1.54) is 12.1 Å². The van der Waals surface area contributed by atoms with Crippen molar-refractivity contribution in [1.29, 1.82) is 0 Å². The molecule has 0 aromatic carbocycles. The predicted molar refractivity (Wildman–Crippen MR) is 75.6 cm³/mol. The molecule has 0 radical (unpaired) electrons. The Morgan fingerprint density at radius 2 is 2.00 bits per heavy atom. The molecule has 0 saturated carbocycles. The molecule has 100 valence electrons. The van der Waals surface area contributed by atoms with Gasteiger partial charge in [0.15, 0.2) is 0 Å². The van der Waals surface area contributed by atoms with Gasteiger partial charge in [0.05, 0.1) is 6.67 Å². The van der Waals surface area contributed by atoms with Gasteiger partial charge in [-0.25, -0.2) is 0 Å². The molecule has 0 aliphatic carbocycles. The second-order valence-corrected chi connectivity index (χ2v) is 4.49. The van der Waals surface area contributed by atoms with Crippen molar-refractivity contribution in [3.05, 3.63) is 12.2 Å². The van der Waals surface area contributed by atoms with Gasteiger partial charge in [0.2, 0.25) is 0 Å². The zero-order valence-electron chi connectivity index (χ0n) is 11.9. The summed E-state index contributed by atoms with van der Waals surface area (Å²) in [5.74, 6) is 0.287. The average molecular weight is 241 g/mol.